The highest BCUT2D eigenvalue weighted by molar-refractivity contribution is 6.33. The Morgan fingerprint density at radius 1 is 1.00 bits per heavy atom. The first kappa shape index (κ1) is 27.3. The molecule has 8 heteroatoms. The number of rotatable bonds is 4. The highest BCUT2D eigenvalue weighted by Gasteiger charge is 2.38. The number of aryl methyl sites for hydroxylation is 1. The minimum atomic E-state index is -0.223. The number of aromatic nitrogens is 1. The molecule has 2 amide bonds. The Morgan fingerprint density at radius 3 is 2.51 bits per heavy atom. The second-order valence-corrected chi connectivity index (χ2v) is 10.9. The number of fused-ring (bicyclic) bond motifs is 2. The Bertz CT molecular complexity index is 1320. The molecule has 1 aliphatic heterocycles. The number of hydrogen-bond acceptors (Lipinski definition) is 5. The fourth-order valence-corrected chi connectivity index (χ4v) is 6.07. The molecule has 0 N–H and O–H groups in total. The number of hydrogen-bond donors (Lipinski definition) is 0. The molecule has 5 rings (SSSR count). The van der Waals surface area contributed by atoms with Crippen molar-refractivity contribution in [3.8, 4) is 17.0 Å². The maximum absolute atomic E-state index is 14.4. The van der Waals surface area contributed by atoms with Gasteiger partial charge in [0.05, 0.1) is 16.6 Å². The number of benzene rings is 2. The normalized spacial score (nSPS) is 20.3. The summed E-state index contributed by atoms with van der Waals surface area (Å²) in [5, 5.41) is 4.77. The smallest absolute Gasteiger partial charge is 0.260 e. The zero-order chi connectivity index (χ0) is 27.4. The van der Waals surface area contributed by atoms with Crippen LogP contribution < -0.4 is 4.74 Å². The molecule has 2 aliphatic rings. The van der Waals surface area contributed by atoms with Crippen LogP contribution in [0.15, 0.2) is 53.1 Å². The van der Waals surface area contributed by atoms with Crippen LogP contribution in [0.25, 0.3) is 11.3 Å². The molecule has 3 aromatic rings. The van der Waals surface area contributed by atoms with Gasteiger partial charge in [0, 0.05) is 25.2 Å². The van der Waals surface area contributed by atoms with Crippen LogP contribution in [-0.2, 0) is 0 Å². The number of ether oxygens (including phenoxy) is 1. The summed E-state index contributed by atoms with van der Waals surface area (Å²) in [5.41, 5.74) is 2.17. The van der Waals surface area contributed by atoms with Gasteiger partial charge in [0.1, 0.15) is 28.9 Å². The average molecular weight is 550 g/mol. The van der Waals surface area contributed by atoms with E-state index in [1.807, 2.05) is 52.3 Å². The monoisotopic (exact) mass is 549 g/mol. The van der Waals surface area contributed by atoms with Crippen LogP contribution in [0.4, 0.5) is 0 Å². The third-order valence-corrected chi connectivity index (χ3v) is 8.12. The minimum Gasteiger partial charge on any atom is -0.487 e. The number of nitrogens with zero attached hydrogens (tertiary/aromatic N) is 3. The highest BCUT2D eigenvalue weighted by atomic mass is 35.5. The van der Waals surface area contributed by atoms with E-state index in [1.165, 1.54) is 0 Å². The number of halogens is 1. The lowest BCUT2D eigenvalue weighted by Gasteiger charge is -2.40. The first-order chi connectivity index (χ1) is 19.0. The maximum Gasteiger partial charge on any atom is 0.260 e. The lowest BCUT2D eigenvalue weighted by molar-refractivity contribution is 0.0258. The summed E-state index contributed by atoms with van der Waals surface area (Å²) in [6.45, 7) is 5.73. The molecule has 0 spiro atoms. The first-order valence-electron chi connectivity index (χ1n) is 14.1. The van der Waals surface area contributed by atoms with E-state index in [9.17, 15) is 9.59 Å². The maximum atomic E-state index is 14.4. The lowest BCUT2D eigenvalue weighted by Crippen LogP contribution is -2.51. The summed E-state index contributed by atoms with van der Waals surface area (Å²) >= 11 is 6.50. The van der Waals surface area contributed by atoms with Crippen molar-refractivity contribution < 1.29 is 18.8 Å². The molecule has 7 nitrogen and oxygen atoms in total. The van der Waals surface area contributed by atoms with E-state index in [0.29, 0.717) is 58.6 Å². The zero-order valence-electron chi connectivity index (χ0n) is 22.7. The van der Waals surface area contributed by atoms with Crippen LogP contribution in [0.5, 0.6) is 5.75 Å². The summed E-state index contributed by atoms with van der Waals surface area (Å²) in [4.78, 5) is 31.8. The SMILES string of the molecule is CCCN1CCCCN(C(=O)c2c(-c3ccccc3Cl)noc2C)[C@@H]2CCCC[C@@H]2Oc2ccccc2C1=O. The minimum absolute atomic E-state index is 0.0118. The van der Waals surface area contributed by atoms with Crippen LogP contribution in [0.3, 0.4) is 0 Å². The molecule has 1 aliphatic carbocycles. The molecule has 2 atom stereocenters. The Labute approximate surface area is 235 Å². The Balaban J connectivity index is 1.54. The van der Waals surface area contributed by atoms with Crippen LogP contribution in [0.1, 0.15) is 78.3 Å². The zero-order valence-corrected chi connectivity index (χ0v) is 23.5. The van der Waals surface area contributed by atoms with E-state index in [2.05, 4.69) is 12.1 Å². The molecular weight excluding hydrogens is 514 g/mol. The molecule has 2 heterocycles. The molecule has 0 radical (unpaired) electrons. The van der Waals surface area contributed by atoms with Gasteiger partial charge < -0.3 is 19.1 Å². The molecule has 1 aromatic heterocycles. The second-order valence-electron chi connectivity index (χ2n) is 10.4. The van der Waals surface area contributed by atoms with Gasteiger partial charge >= 0.3 is 0 Å². The standard InChI is InChI=1S/C31H36ClN3O4/c1-3-18-34-19-10-11-20-35(31(37)28-21(2)39-33-29(28)22-12-4-6-14-24(22)32)25-15-7-9-17-27(25)38-26-16-8-5-13-23(26)30(34)36/h4-6,8,12-14,16,25,27H,3,7,9-11,15,17-20H2,1-2H3/t25-,27+/m1/s1. The van der Waals surface area contributed by atoms with E-state index in [0.717, 1.165) is 44.9 Å². The van der Waals surface area contributed by atoms with Crippen molar-refractivity contribution in [3.05, 3.63) is 70.4 Å². The van der Waals surface area contributed by atoms with Gasteiger partial charge in [-0.3, -0.25) is 9.59 Å². The molecule has 0 unspecified atom stereocenters. The lowest BCUT2D eigenvalue weighted by atomic mass is 9.90. The van der Waals surface area contributed by atoms with Gasteiger partial charge in [0.15, 0.2) is 0 Å². The van der Waals surface area contributed by atoms with Crippen LogP contribution >= 0.6 is 11.6 Å². The van der Waals surface area contributed by atoms with Crippen molar-refractivity contribution in [2.24, 2.45) is 0 Å². The third-order valence-electron chi connectivity index (χ3n) is 7.79. The van der Waals surface area contributed by atoms with E-state index < -0.39 is 0 Å². The van der Waals surface area contributed by atoms with E-state index in [-0.39, 0.29) is 24.0 Å². The quantitative estimate of drug-likeness (QED) is 0.358. The molecule has 0 saturated heterocycles. The van der Waals surface area contributed by atoms with Gasteiger partial charge in [-0.2, -0.15) is 0 Å². The van der Waals surface area contributed by atoms with E-state index in [1.54, 1.807) is 13.0 Å². The third kappa shape index (κ3) is 5.69. The summed E-state index contributed by atoms with van der Waals surface area (Å²) < 4.78 is 12.2. The van der Waals surface area contributed by atoms with Crippen LogP contribution in [0.2, 0.25) is 5.02 Å². The summed E-state index contributed by atoms with van der Waals surface area (Å²) in [6, 6.07) is 14.8. The van der Waals surface area contributed by atoms with Gasteiger partial charge in [-0.25, -0.2) is 0 Å². The fourth-order valence-electron chi connectivity index (χ4n) is 5.84. The number of para-hydroxylation sites is 1. The molecule has 206 valence electrons. The number of carbonyl (C=O) groups is 2. The van der Waals surface area contributed by atoms with E-state index in [4.69, 9.17) is 20.9 Å². The van der Waals surface area contributed by atoms with Gasteiger partial charge in [-0.05, 0) is 63.6 Å². The Hall–Kier alpha value is -3.32. The summed E-state index contributed by atoms with van der Waals surface area (Å²) in [7, 11) is 0. The van der Waals surface area contributed by atoms with Gasteiger partial charge in [-0.1, -0.05) is 60.4 Å². The Kier molecular flexibility index (Phi) is 8.56. The first-order valence-corrected chi connectivity index (χ1v) is 14.4. The average Bonchev–Trinajstić information content (AvgIpc) is 3.33. The predicted octanol–water partition coefficient (Wildman–Crippen LogP) is 6.78. The molecule has 39 heavy (non-hydrogen) atoms. The Morgan fingerprint density at radius 2 is 1.72 bits per heavy atom. The van der Waals surface area contributed by atoms with Crippen molar-refractivity contribution >= 4 is 23.4 Å². The summed E-state index contributed by atoms with van der Waals surface area (Å²) in [6.07, 6.45) is 5.90. The van der Waals surface area contributed by atoms with Crippen LogP contribution in [-0.4, -0.2) is 58.6 Å². The van der Waals surface area contributed by atoms with Gasteiger partial charge in [0.25, 0.3) is 11.8 Å². The van der Waals surface area contributed by atoms with Crippen molar-refractivity contribution in [2.45, 2.75) is 70.9 Å². The van der Waals surface area contributed by atoms with Crippen LogP contribution in [0, 0.1) is 6.92 Å². The molecule has 2 aromatic carbocycles. The summed E-state index contributed by atoms with van der Waals surface area (Å²) in [5.74, 6) is 0.958. The predicted molar refractivity (Wildman–Crippen MR) is 151 cm³/mol. The van der Waals surface area contributed by atoms with Gasteiger partial charge in [-0.15, -0.1) is 0 Å². The molecular formula is C31H36ClN3O4. The molecule has 1 fully saturated rings. The number of amides is 2. The van der Waals surface area contributed by atoms with Crippen molar-refractivity contribution in [3.63, 3.8) is 0 Å². The topological polar surface area (TPSA) is 75.9 Å². The largest absolute Gasteiger partial charge is 0.487 e. The van der Waals surface area contributed by atoms with Crippen molar-refractivity contribution in [2.75, 3.05) is 19.6 Å². The van der Waals surface area contributed by atoms with Gasteiger partial charge in [0.2, 0.25) is 0 Å². The van der Waals surface area contributed by atoms with Crippen molar-refractivity contribution in [1.82, 2.24) is 15.0 Å². The number of carbonyl (C=O) groups excluding carboxylic acids is 2. The second kappa shape index (κ2) is 12.2. The molecule has 1 saturated carbocycles. The van der Waals surface area contributed by atoms with E-state index >= 15 is 0 Å². The fraction of sp³-hybridized carbons (Fsp3) is 0.452. The highest BCUT2D eigenvalue weighted by Crippen LogP contribution is 2.35. The molecule has 0 bridgehead atoms. The van der Waals surface area contributed by atoms with Crippen molar-refractivity contribution in [1.29, 1.82) is 0 Å².